The number of halogens is 1. The van der Waals surface area contributed by atoms with Crippen molar-refractivity contribution < 1.29 is 14.2 Å². The summed E-state index contributed by atoms with van der Waals surface area (Å²) in [7, 11) is 1.41. The molecule has 0 aliphatic heterocycles. The third-order valence-corrected chi connectivity index (χ3v) is 3.01. The summed E-state index contributed by atoms with van der Waals surface area (Å²) in [6.45, 7) is 8.45. The molecular formula is C12H18BFNO2. The van der Waals surface area contributed by atoms with E-state index in [-0.39, 0.29) is 5.82 Å². The first-order chi connectivity index (χ1) is 7.63. The Balaban J connectivity index is 2.71. The highest BCUT2D eigenvalue weighted by Crippen LogP contribution is 2.24. The van der Waals surface area contributed by atoms with E-state index in [4.69, 9.17) is 4.65 Å². The molecule has 1 aromatic rings. The van der Waals surface area contributed by atoms with Crippen LogP contribution in [0.25, 0.3) is 0 Å². The first-order valence-corrected chi connectivity index (χ1v) is 5.49. The zero-order valence-corrected chi connectivity index (χ0v) is 10.9. The van der Waals surface area contributed by atoms with Gasteiger partial charge in [0.15, 0.2) is 0 Å². The summed E-state index contributed by atoms with van der Waals surface area (Å²) in [5.41, 5.74) is -0.886. The second-order valence-electron chi connectivity index (χ2n) is 5.14. The van der Waals surface area contributed by atoms with Gasteiger partial charge in [-0.1, -0.05) is 0 Å². The lowest BCUT2D eigenvalue weighted by Crippen LogP contribution is -2.49. The van der Waals surface area contributed by atoms with Gasteiger partial charge >= 0.3 is 7.48 Å². The Morgan fingerprint density at radius 3 is 2.41 bits per heavy atom. The van der Waals surface area contributed by atoms with Crippen LogP contribution in [0.3, 0.4) is 0 Å². The summed E-state index contributed by atoms with van der Waals surface area (Å²) in [6.07, 6.45) is 1.53. The fraction of sp³-hybridized carbons (Fsp3) is 0.583. The number of rotatable bonds is 4. The van der Waals surface area contributed by atoms with Gasteiger partial charge in [-0.25, -0.2) is 4.39 Å². The van der Waals surface area contributed by atoms with Crippen molar-refractivity contribution in [3.63, 3.8) is 0 Å². The van der Waals surface area contributed by atoms with Gasteiger partial charge < -0.3 is 9.76 Å². The molecule has 1 radical (unpaired) electrons. The molecule has 1 N–H and O–H groups in total. The molecule has 1 heterocycles. The van der Waals surface area contributed by atoms with Crippen LogP contribution in [0.2, 0.25) is 0 Å². The van der Waals surface area contributed by atoms with E-state index in [1.165, 1.54) is 19.7 Å². The molecule has 0 unspecified atom stereocenters. The number of aromatic nitrogens is 1. The van der Waals surface area contributed by atoms with Crippen molar-refractivity contribution in [1.29, 1.82) is 0 Å². The van der Waals surface area contributed by atoms with Crippen molar-refractivity contribution in [3.05, 3.63) is 23.8 Å². The van der Waals surface area contributed by atoms with Crippen LogP contribution in [-0.2, 0) is 4.65 Å². The van der Waals surface area contributed by atoms with Gasteiger partial charge in [0.1, 0.15) is 5.82 Å². The monoisotopic (exact) mass is 238 g/mol. The minimum absolute atomic E-state index is 0.351. The average Bonchev–Trinajstić information content (AvgIpc) is 2.18. The van der Waals surface area contributed by atoms with Crippen molar-refractivity contribution in [2.75, 3.05) is 0 Å². The lowest BCUT2D eigenvalue weighted by molar-refractivity contribution is -0.0893. The topological polar surface area (TPSA) is 42.4 Å². The van der Waals surface area contributed by atoms with Gasteiger partial charge in [0, 0.05) is 6.20 Å². The molecule has 0 amide bonds. The fourth-order valence-electron chi connectivity index (χ4n) is 0.945. The van der Waals surface area contributed by atoms with Crippen LogP contribution in [0.15, 0.2) is 12.3 Å². The molecule has 93 valence electrons. The van der Waals surface area contributed by atoms with Gasteiger partial charge in [-0.05, 0) is 46.1 Å². The van der Waals surface area contributed by atoms with Crippen LogP contribution in [-0.4, -0.2) is 28.8 Å². The Labute approximate surface area is 102 Å². The van der Waals surface area contributed by atoms with Crippen molar-refractivity contribution in [3.8, 4) is 0 Å². The molecule has 1 aromatic heterocycles. The molecular weight excluding hydrogens is 220 g/mol. The maximum atomic E-state index is 13.2. The van der Waals surface area contributed by atoms with Gasteiger partial charge in [-0.2, -0.15) is 0 Å². The summed E-state index contributed by atoms with van der Waals surface area (Å²) in [5, 5.41) is 9.89. The van der Waals surface area contributed by atoms with E-state index < -0.39 is 11.2 Å². The lowest BCUT2D eigenvalue weighted by atomic mass is 9.83. The number of aliphatic hydroxyl groups is 1. The molecule has 3 nitrogen and oxygen atoms in total. The minimum Gasteiger partial charge on any atom is -0.427 e. The maximum Gasteiger partial charge on any atom is 0.332 e. The first-order valence-electron chi connectivity index (χ1n) is 5.49. The standard InChI is InChI=1S/C12H18BFNO2/c1-8-10(14)6-9(7-15-8)13-17-12(4,5)11(2,3)16/h6-7,16H,1-5H3. The Morgan fingerprint density at radius 2 is 1.94 bits per heavy atom. The highest BCUT2D eigenvalue weighted by atomic mass is 19.1. The largest absolute Gasteiger partial charge is 0.427 e. The average molecular weight is 238 g/mol. The van der Waals surface area contributed by atoms with E-state index in [2.05, 4.69) is 4.98 Å². The van der Waals surface area contributed by atoms with Crippen molar-refractivity contribution in [2.45, 2.75) is 45.8 Å². The highest BCUT2D eigenvalue weighted by Gasteiger charge is 2.35. The van der Waals surface area contributed by atoms with Crippen LogP contribution in [0.1, 0.15) is 33.4 Å². The van der Waals surface area contributed by atoms with Crippen LogP contribution in [0, 0.1) is 12.7 Å². The molecule has 0 atom stereocenters. The smallest absolute Gasteiger partial charge is 0.332 e. The molecule has 0 spiro atoms. The molecule has 0 saturated carbocycles. The Kier molecular flexibility index (Phi) is 3.94. The Bertz CT molecular complexity index is 402. The lowest BCUT2D eigenvalue weighted by Gasteiger charge is -2.37. The van der Waals surface area contributed by atoms with Gasteiger partial charge in [-0.15, -0.1) is 0 Å². The summed E-state index contributed by atoms with van der Waals surface area (Å²) in [4.78, 5) is 3.89. The van der Waals surface area contributed by atoms with Crippen LogP contribution in [0.5, 0.6) is 0 Å². The molecule has 0 fully saturated rings. The number of hydrogen-bond donors (Lipinski definition) is 1. The predicted octanol–water partition coefficient (Wildman–Crippen LogP) is 1.34. The van der Waals surface area contributed by atoms with Gasteiger partial charge in [0.25, 0.3) is 0 Å². The van der Waals surface area contributed by atoms with Crippen LogP contribution in [0.4, 0.5) is 4.39 Å². The number of pyridine rings is 1. The summed E-state index contributed by atoms with van der Waals surface area (Å²) in [5.74, 6) is -0.372. The van der Waals surface area contributed by atoms with Crippen LogP contribution >= 0.6 is 0 Å². The van der Waals surface area contributed by atoms with Gasteiger partial charge in [0.05, 0.1) is 16.9 Å². The Morgan fingerprint density at radius 1 is 1.35 bits per heavy atom. The maximum absolute atomic E-state index is 13.2. The van der Waals surface area contributed by atoms with E-state index in [9.17, 15) is 9.50 Å². The van der Waals surface area contributed by atoms with Crippen molar-refractivity contribution >= 4 is 12.9 Å². The molecule has 0 aliphatic rings. The Hall–Kier alpha value is -0.935. The molecule has 1 rings (SSSR count). The third-order valence-electron chi connectivity index (χ3n) is 3.01. The number of nitrogens with zero attached hydrogens (tertiary/aromatic N) is 1. The molecule has 17 heavy (non-hydrogen) atoms. The normalized spacial score (nSPS) is 12.6. The molecule has 5 heteroatoms. The second-order valence-corrected chi connectivity index (χ2v) is 5.14. The van der Waals surface area contributed by atoms with E-state index in [0.717, 1.165) is 0 Å². The minimum atomic E-state index is -1.000. The van der Waals surface area contributed by atoms with Crippen LogP contribution < -0.4 is 5.46 Å². The molecule has 0 aromatic carbocycles. The molecule has 0 bridgehead atoms. The van der Waals surface area contributed by atoms with Crippen molar-refractivity contribution in [2.24, 2.45) is 0 Å². The van der Waals surface area contributed by atoms with Gasteiger partial charge in [0.2, 0.25) is 0 Å². The zero-order chi connectivity index (χ0) is 13.3. The summed E-state index contributed by atoms with van der Waals surface area (Å²) in [6, 6.07) is 1.35. The summed E-state index contributed by atoms with van der Waals surface area (Å²) < 4.78 is 18.7. The molecule has 0 saturated heterocycles. The van der Waals surface area contributed by atoms with E-state index in [0.29, 0.717) is 11.2 Å². The zero-order valence-electron chi connectivity index (χ0n) is 10.9. The van der Waals surface area contributed by atoms with E-state index in [1.807, 2.05) is 0 Å². The van der Waals surface area contributed by atoms with Crippen molar-refractivity contribution in [1.82, 2.24) is 4.98 Å². The van der Waals surface area contributed by atoms with E-state index in [1.54, 1.807) is 34.6 Å². The third kappa shape index (κ3) is 3.51. The SMILES string of the molecule is Cc1ncc([B]OC(C)(C)C(C)(C)O)cc1F. The molecule has 0 aliphatic carbocycles. The van der Waals surface area contributed by atoms with Gasteiger partial charge in [-0.3, -0.25) is 4.98 Å². The van der Waals surface area contributed by atoms with E-state index >= 15 is 0 Å². The fourth-order valence-corrected chi connectivity index (χ4v) is 0.945. The summed E-state index contributed by atoms with van der Waals surface area (Å²) >= 11 is 0. The number of aryl methyl sites for hydroxylation is 1. The quantitative estimate of drug-likeness (QED) is 0.805. The number of hydrogen-bond acceptors (Lipinski definition) is 3. The second kappa shape index (κ2) is 4.74. The predicted molar refractivity (Wildman–Crippen MR) is 65.8 cm³/mol. The highest BCUT2D eigenvalue weighted by molar-refractivity contribution is 6.46. The first kappa shape index (κ1) is 14.1.